The van der Waals surface area contributed by atoms with E-state index in [-0.39, 0.29) is 0 Å². The van der Waals surface area contributed by atoms with Crippen molar-refractivity contribution in [2.75, 3.05) is 19.0 Å². The minimum absolute atomic E-state index is 0.370. The van der Waals surface area contributed by atoms with Gasteiger partial charge in [0.2, 0.25) is 0 Å². The highest BCUT2D eigenvalue weighted by Crippen LogP contribution is 2.23. The first kappa shape index (κ1) is 15.9. The van der Waals surface area contributed by atoms with Gasteiger partial charge in [0, 0.05) is 19.7 Å². The van der Waals surface area contributed by atoms with Crippen LogP contribution in [0.5, 0.6) is 0 Å². The van der Waals surface area contributed by atoms with Gasteiger partial charge in [0.25, 0.3) is 0 Å². The number of anilines is 1. The molecule has 0 bridgehead atoms. The highest BCUT2D eigenvalue weighted by Gasteiger charge is 2.13. The highest BCUT2D eigenvalue weighted by molar-refractivity contribution is 9.10. The maximum atomic E-state index is 5.15. The Kier molecular flexibility index (Phi) is 5.30. The summed E-state index contributed by atoms with van der Waals surface area (Å²) in [6.07, 6.45) is 1.03. The van der Waals surface area contributed by atoms with Crippen LogP contribution in [-0.4, -0.2) is 33.4 Å². The third-order valence-electron chi connectivity index (χ3n) is 3.01. The van der Waals surface area contributed by atoms with Crippen molar-refractivity contribution in [2.24, 2.45) is 0 Å². The molecule has 0 saturated heterocycles. The first-order chi connectivity index (χ1) is 10.1. The molecule has 0 radical (unpaired) electrons. The van der Waals surface area contributed by atoms with Crippen molar-refractivity contribution in [3.05, 3.63) is 27.8 Å². The van der Waals surface area contributed by atoms with Crippen LogP contribution in [0.15, 0.2) is 10.5 Å². The predicted molar refractivity (Wildman–Crippen MR) is 85.8 cm³/mol. The highest BCUT2D eigenvalue weighted by atomic mass is 79.9. The van der Waals surface area contributed by atoms with Gasteiger partial charge in [-0.05, 0) is 36.2 Å². The third-order valence-corrected chi connectivity index (χ3v) is 4.16. The van der Waals surface area contributed by atoms with E-state index >= 15 is 0 Å². The van der Waals surface area contributed by atoms with E-state index in [0.29, 0.717) is 12.4 Å². The summed E-state index contributed by atoms with van der Waals surface area (Å²) in [6, 6.07) is 1.90. The van der Waals surface area contributed by atoms with Crippen molar-refractivity contribution >= 4 is 21.7 Å². The Morgan fingerprint density at radius 1 is 1.33 bits per heavy atom. The molecule has 0 unspecified atom stereocenters. The van der Waals surface area contributed by atoms with E-state index in [0.717, 1.165) is 40.5 Å². The van der Waals surface area contributed by atoms with Crippen molar-refractivity contribution in [1.82, 2.24) is 19.7 Å². The van der Waals surface area contributed by atoms with Crippen LogP contribution in [0.3, 0.4) is 0 Å². The third kappa shape index (κ3) is 3.59. The van der Waals surface area contributed by atoms with Crippen LogP contribution < -0.4 is 5.32 Å². The standard InChI is InChI=1S/C14H20BrN5O/c1-5-6-16-11-7-13(18-12(17-11)8-21-4)20-10(3)14(15)9(2)19-20/h7H,5-6,8H2,1-4H3,(H,16,17,18). The zero-order valence-electron chi connectivity index (χ0n) is 12.8. The molecule has 0 spiro atoms. The number of ether oxygens (including phenoxy) is 1. The number of hydrogen-bond acceptors (Lipinski definition) is 5. The Labute approximate surface area is 133 Å². The number of aryl methyl sites for hydroxylation is 1. The van der Waals surface area contributed by atoms with Gasteiger partial charge in [-0.3, -0.25) is 0 Å². The molecule has 0 aliphatic heterocycles. The Hall–Kier alpha value is -1.47. The summed E-state index contributed by atoms with van der Waals surface area (Å²) in [5.41, 5.74) is 1.94. The molecule has 2 aromatic heterocycles. The molecule has 0 saturated carbocycles. The summed E-state index contributed by atoms with van der Waals surface area (Å²) in [7, 11) is 1.63. The molecule has 0 aliphatic carbocycles. The van der Waals surface area contributed by atoms with Gasteiger partial charge in [-0.2, -0.15) is 5.10 Å². The van der Waals surface area contributed by atoms with Crippen LogP contribution in [-0.2, 0) is 11.3 Å². The van der Waals surface area contributed by atoms with Crippen LogP contribution in [0.25, 0.3) is 5.82 Å². The molecule has 21 heavy (non-hydrogen) atoms. The zero-order chi connectivity index (χ0) is 15.4. The number of hydrogen-bond donors (Lipinski definition) is 1. The van der Waals surface area contributed by atoms with Gasteiger partial charge < -0.3 is 10.1 Å². The molecule has 0 aliphatic rings. The van der Waals surface area contributed by atoms with E-state index in [4.69, 9.17) is 4.74 Å². The molecule has 0 aromatic carbocycles. The molecule has 2 heterocycles. The number of nitrogens with zero attached hydrogens (tertiary/aromatic N) is 4. The second kappa shape index (κ2) is 7.00. The van der Waals surface area contributed by atoms with Crippen LogP contribution in [0.2, 0.25) is 0 Å². The fraction of sp³-hybridized carbons (Fsp3) is 0.500. The Morgan fingerprint density at radius 2 is 2.10 bits per heavy atom. The Balaban J connectivity index is 2.45. The SMILES string of the molecule is CCCNc1cc(-n2nc(C)c(Br)c2C)nc(COC)n1. The van der Waals surface area contributed by atoms with Gasteiger partial charge in [-0.25, -0.2) is 14.6 Å². The summed E-state index contributed by atoms with van der Waals surface area (Å²) in [6.45, 7) is 7.31. The largest absolute Gasteiger partial charge is 0.377 e. The summed E-state index contributed by atoms with van der Waals surface area (Å²) in [4.78, 5) is 8.97. The molecule has 0 amide bonds. The van der Waals surface area contributed by atoms with Gasteiger partial charge in [0.05, 0.1) is 15.9 Å². The normalized spacial score (nSPS) is 10.9. The van der Waals surface area contributed by atoms with Gasteiger partial charge >= 0.3 is 0 Å². The fourth-order valence-electron chi connectivity index (χ4n) is 1.98. The average molecular weight is 354 g/mol. The summed E-state index contributed by atoms with van der Waals surface area (Å²) >= 11 is 3.54. The molecule has 7 heteroatoms. The molecule has 0 atom stereocenters. The van der Waals surface area contributed by atoms with Gasteiger partial charge in [0.1, 0.15) is 12.4 Å². The van der Waals surface area contributed by atoms with E-state index in [9.17, 15) is 0 Å². The smallest absolute Gasteiger partial charge is 0.159 e. The lowest BCUT2D eigenvalue weighted by atomic mass is 10.4. The lowest BCUT2D eigenvalue weighted by molar-refractivity contribution is 0.178. The molecule has 2 aromatic rings. The topological polar surface area (TPSA) is 64.9 Å². The van der Waals surface area contributed by atoms with Crippen molar-refractivity contribution < 1.29 is 4.74 Å². The fourth-order valence-corrected chi connectivity index (χ4v) is 2.22. The second-order valence-electron chi connectivity index (χ2n) is 4.78. The maximum absolute atomic E-state index is 5.15. The monoisotopic (exact) mass is 353 g/mol. The van der Waals surface area contributed by atoms with Crippen LogP contribution in [0.1, 0.15) is 30.6 Å². The van der Waals surface area contributed by atoms with Crippen LogP contribution >= 0.6 is 15.9 Å². The van der Waals surface area contributed by atoms with Crippen LogP contribution in [0, 0.1) is 13.8 Å². The summed E-state index contributed by atoms with van der Waals surface area (Å²) in [5, 5.41) is 7.80. The molecule has 6 nitrogen and oxygen atoms in total. The van der Waals surface area contributed by atoms with Crippen molar-refractivity contribution in [3.8, 4) is 5.82 Å². The quantitative estimate of drug-likeness (QED) is 0.864. The number of nitrogens with one attached hydrogen (secondary N) is 1. The van der Waals surface area contributed by atoms with E-state index in [1.165, 1.54) is 0 Å². The van der Waals surface area contributed by atoms with E-state index < -0.39 is 0 Å². The van der Waals surface area contributed by atoms with Crippen molar-refractivity contribution in [3.63, 3.8) is 0 Å². The maximum Gasteiger partial charge on any atom is 0.159 e. The second-order valence-corrected chi connectivity index (χ2v) is 5.58. The minimum Gasteiger partial charge on any atom is -0.377 e. The van der Waals surface area contributed by atoms with Gasteiger partial charge in [-0.1, -0.05) is 6.92 Å². The van der Waals surface area contributed by atoms with Crippen LogP contribution in [0.4, 0.5) is 5.82 Å². The van der Waals surface area contributed by atoms with Gasteiger partial charge in [-0.15, -0.1) is 0 Å². The molecular weight excluding hydrogens is 334 g/mol. The molecule has 2 rings (SSSR count). The average Bonchev–Trinajstić information content (AvgIpc) is 2.73. The predicted octanol–water partition coefficient (Wildman–Crippen LogP) is 3.01. The first-order valence-corrected chi connectivity index (χ1v) is 7.69. The molecule has 0 fully saturated rings. The number of methoxy groups -OCH3 is 1. The van der Waals surface area contributed by atoms with Crippen molar-refractivity contribution in [2.45, 2.75) is 33.8 Å². The zero-order valence-corrected chi connectivity index (χ0v) is 14.4. The Bertz CT molecular complexity index is 626. The Morgan fingerprint density at radius 3 is 2.67 bits per heavy atom. The summed E-state index contributed by atoms with van der Waals surface area (Å²) < 4.78 is 7.96. The molecule has 1 N–H and O–H groups in total. The van der Waals surface area contributed by atoms with E-state index in [2.05, 4.69) is 43.2 Å². The first-order valence-electron chi connectivity index (χ1n) is 6.89. The van der Waals surface area contributed by atoms with E-state index in [1.54, 1.807) is 7.11 Å². The van der Waals surface area contributed by atoms with E-state index in [1.807, 2.05) is 24.6 Å². The molecular formula is C14H20BrN5O. The number of halogens is 1. The molecule has 114 valence electrons. The van der Waals surface area contributed by atoms with Gasteiger partial charge in [0.15, 0.2) is 11.6 Å². The number of aromatic nitrogens is 4. The number of rotatable bonds is 6. The lowest BCUT2D eigenvalue weighted by Crippen LogP contribution is -2.10. The lowest BCUT2D eigenvalue weighted by Gasteiger charge is -2.10. The minimum atomic E-state index is 0.370. The summed E-state index contributed by atoms with van der Waals surface area (Å²) in [5.74, 6) is 2.16. The van der Waals surface area contributed by atoms with Crippen molar-refractivity contribution in [1.29, 1.82) is 0 Å².